The van der Waals surface area contributed by atoms with Crippen LogP contribution in [0, 0.1) is 15.9 Å². The van der Waals surface area contributed by atoms with E-state index in [0.29, 0.717) is 0 Å². The largest absolute Gasteiger partial charge is 0.456 e. The Morgan fingerprint density at radius 2 is 2.00 bits per heavy atom. The second kappa shape index (κ2) is 5.88. The average Bonchev–Trinajstić information content (AvgIpc) is 2.41. The zero-order chi connectivity index (χ0) is 15.6. The standard InChI is InChI=1S/C14H9ClFNO4/c1-8(18)11-7-10(3-4-13(11)17(19)20)21-14-5-2-9(16)6-12(14)15/h2-7H,1H3. The molecule has 0 aliphatic rings. The van der Waals surface area contributed by atoms with Crippen LogP contribution in [0.2, 0.25) is 5.02 Å². The van der Waals surface area contributed by atoms with Gasteiger partial charge >= 0.3 is 0 Å². The molecule has 0 aromatic heterocycles. The highest BCUT2D eigenvalue weighted by molar-refractivity contribution is 6.32. The van der Waals surface area contributed by atoms with Crippen LogP contribution in [0.3, 0.4) is 0 Å². The predicted molar refractivity (Wildman–Crippen MR) is 74.6 cm³/mol. The molecular weight excluding hydrogens is 301 g/mol. The first-order valence-corrected chi connectivity index (χ1v) is 6.18. The van der Waals surface area contributed by atoms with Gasteiger partial charge in [0.15, 0.2) is 5.78 Å². The highest BCUT2D eigenvalue weighted by Gasteiger charge is 2.18. The van der Waals surface area contributed by atoms with Gasteiger partial charge in [-0.2, -0.15) is 0 Å². The molecule has 0 aliphatic heterocycles. The molecule has 5 nitrogen and oxygen atoms in total. The highest BCUT2D eigenvalue weighted by Crippen LogP contribution is 2.32. The SMILES string of the molecule is CC(=O)c1cc(Oc2ccc(F)cc2Cl)ccc1[N+](=O)[O-]. The summed E-state index contributed by atoms with van der Waals surface area (Å²) in [5, 5.41) is 10.9. The number of carbonyl (C=O) groups excluding carboxylic acids is 1. The van der Waals surface area contributed by atoms with Crippen LogP contribution in [0.5, 0.6) is 11.5 Å². The summed E-state index contributed by atoms with van der Waals surface area (Å²) in [6.07, 6.45) is 0. The van der Waals surface area contributed by atoms with Crippen LogP contribution in [0.4, 0.5) is 10.1 Å². The number of carbonyl (C=O) groups is 1. The van der Waals surface area contributed by atoms with Gasteiger partial charge in [-0.3, -0.25) is 14.9 Å². The molecule has 7 heteroatoms. The van der Waals surface area contributed by atoms with Crippen LogP contribution < -0.4 is 4.74 Å². The Kier molecular flexibility index (Phi) is 4.18. The Bertz CT molecular complexity index is 733. The van der Waals surface area contributed by atoms with Gasteiger partial charge in [-0.05, 0) is 37.3 Å². The van der Waals surface area contributed by atoms with E-state index in [1.165, 1.54) is 37.3 Å². The number of hydrogen-bond donors (Lipinski definition) is 0. The van der Waals surface area contributed by atoms with Gasteiger partial charge < -0.3 is 4.74 Å². The predicted octanol–water partition coefficient (Wildman–Crippen LogP) is 4.38. The molecule has 0 unspecified atom stereocenters. The molecule has 0 amide bonds. The van der Waals surface area contributed by atoms with Crippen molar-refractivity contribution in [2.24, 2.45) is 0 Å². The molecule has 2 rings (SSSR count). The number of hydrogen-bond acceptors (Lipinski definition) is 4. The third kappa shape index (κ3) is 3.35. The Labute approximate surface area is 124 Å². The fourth-order valence-corrected chi connectivity index (χ4v) is 1.91. The van der Waals surface area contributed by atoms with E-state index in [-0.39, 0.29) is 27.8 Å². The molecule has 0 bridgehead atoms. The minimum absolute atomic E-state index is 0.0535. The quantitative estimate of drug-likeness (QED) is 0.477. The van der Waals surface area contributed by atoms with Crippen LogP contribution in [0.25, 0.3) is 0 Å². The molecule has 108 valence electrons. The van der Waals surface area contributed by atoms with Crippen molar-refractivity contribution in [3.63, 3.8) is 0 Å². The molecule has 0 fully saturated rings. The first-order valence-electron chi connectivity index (χ1n) is 5.81. The van der Waals surface area contributed by atoms with Crippen LogP contribution in [0.1, 0.15) is 17.3 Å². The van der Waals surface area contributed by atoms with Gasteiger partial charge in [-0.1, -0.05) is 11.6 Å². The second-order valence-electron chi connectivity index (χ2n) is 4.17. The molecule has 0 saturated carbocycles. The first-order chi connectivity index (χ1) is 9.88. The van der Waals surface area contributed by atoms with Crippen LogP contribution in [0.15, 0.2) is 36.4 Å². The van der Waals surface area contributed by atoms with Crippen LogP contribution in [-0.4, -0.2) is 10.7 Å². The van der Waals surface area contributed by atoms with Gasteiger partial charge in [0, 0.05) is 6.07 Å². The fraction of sp³-hybridized carbons (Fsp3) is 0.0714. The summed E-state index contributed by atoms with van der Waals surface area (Å²) in [6.45, 7) is 1.22. The molecule has 0 N–H and O–H groups in total. The minimum Gasteiger partial charge on any atom is -0.456 e. The number of ether oxygens (including phenoxy) is 1. The molecular formula is C14H9ClFNO4. The normalized spacial score (nSPS) is 10.2. The van der Waals surface area contributed by atoms with Crippen molar-refractivity contribution in [3.8, 4) is 11.5 Å². The lowest BCUT2D eigenvalue weighted by Gasteiger charge is -2.08. The van der Waals surface area contributed by atoms with E-state index < -0.39 is 16.5 Å². The van der Waals surface area contributed by atoms with Gasteiger partial charge in [0.05, 0.1) is 15.5 Å². The van der Waals surface area contributed by atoms with Gasteiger partial charge in [0.2, 0.25) is 0 Å². The Morgan fingerprint density at radius 1 is 1.29 bits per heavy atom. The zero-order valence-corrected chi connectivity index (χ0v) is 11.6. The van der Waals surface area contributed by atoms with Gasteiger partial charge in [0.1, 0.15) is 17.3 Å². The number of nitrogens with zero attached hydrogens (tertiary/aromatic N) is 1. The third-order valence-corrected chi connectivity index (χ3v) is 2.96. The summed E-state index contributed by atoms with van der Waals surface area (Å²) < 4.78 is 18.4. The number of nitro benzene ring substituents is 1. The van der Waals surface area contributed by atoms with E-state index in [1.807, 2.05) is 0 Å². The van der Waals surface area contributed by atoms with Crippen molar-refractivity contribution in [1.29, 1.82) is 0 Å². The Hall–Kier alpha value is -2.47. The van der Waals surface area contributed by atoms with Crippen LogP contribution in [-0.2, 0) is 0 Å². The van der Waals surface area contributed by atoms with E-state index in [2.05, 4.69) is 0 Å². The first kappa shape index (κ1) is 14.9. The molecule has 2 aromatic carbocycles. The maximum absolute atomic E-state index is 12.9. The van der Waals surface area contributed by atoms with Crippen molar-refractivity contribution in [2.45, 2.75) is 6.92 Å². The zero-order valence-electron chi connectivity index (χ0n) is 10.8. The molecule has 21 heavy (non-hydrogen) atoms. The van der Waals surface area contributed by atoms with Gasteiger partial charge in [0.25, 0.3) is 5.69 Å². The lowest BCUT2D eigenvalue weighted by atomic mass is 10.1. The fourth-order valence-electron chi connectivity index (χ4n) is 1.70. The molecule has 0 atom stereocenters. The third-order valence-electron chi connectivity index (χ3n) is 2.67. The number of halogens is 2. The second-order valence-corrected chi connectivity index (χ2v) is 4.58. The molecule has 0 radical (unpaired) electrons. The van der Waals surface area contributed by atoms with E-state index >= 15 is 0 Å². The van der Waals surface area contributed by atoms with Gasteiger partial charge in [-0.25, -0.2) is 4.39 Å². The number of ketones is 1. The minimum atomic E-state index is -0.647. The maximum atomic E-state index is 12.9. The number of Topliss-reactive ketones (excluding diaryl/α,β-unsaturated/α-hetero) is 1. The summed E-state index contributed by atoms with van der Waals surface area (Å²) >= 11 is 5.82. The average molecular weight is 310 g/mol. The monoisotopic (exact) mass is 309 g/mol. The Balaban J connectivity index is 2.39. The molecule has 0 saturated heterocycles. The van der Waals surface area contributed by atoms with E-state index in [9.17, 15) is 19.3 Å². The molecule has 0 spiro atoms. The summed E-state index contributed by atoms with van der Waals surface area (Å²) in [7, 11) is 0. The van der Waals surface area contributed by atoms with Crippen molar-refractivity contribution >= 4 is 23.1 Å². The highest BCUT2D eigenvalue weighted by atomic mass is 35.5. The van der Waals surface area contributed by atoms with Crippen LogP contribution >= 0.6 is 11.6 Å². The van der Waals surface area contributed by atoms with E-state index in [4.69, 9.17) is 16.3 Å². The van der Waals surface area contributed by atoms with Gasteiger partial charge in [-0.15, -0.1) is 0 Å². The van der Waals surface area contributed by atoms with E-state index in [0.717, 1.165) is 6.07 Å². The van der Waals surface area contributed by atoms with Crippen molar-refractivity contribution in [3.05, 3.63) is 62.9 Å². The topological polar surface area (TPSA) is 69.4 Å². The number of nitro groups is 1. The van der Waals surface area contributed by atoms with E-state index in [1.54, 1.807) is 0 Å². The Morgan fingerprint density at radius 3 is 2.57 bits per heavy atom. The van der Waals surface area contributed by atoms with Crippen molar-refractivity contribution in [1.82, 2.24) is 0 Å². The maximum Gasteiger partial charge on any atom is 0.280 e. The summed E-state index contributed by atoms with van der Waals surface area (Å²) in [4.78, 5) is 21.6. The molecule has 0 heterocycles. The molecule has 2 aromatic rings. The lowest BCUT2D eigenvalue weighted by molar-refractivity contribution is -0.385. The van der Waals surface area contributed by atoms with Crippen molar-refractivity contribution < 1.29 is 18.8 Å². The smallest absolute Gasteiger partial charge is 0.280 e. The summed E-state index contributed by atoms with van der Waals surface area (Å²) in [5.74, 6) is -0.599. The number of rotatable bonds is 4. The number of benzene rings is 2. The van der Waals surface area contributed by atoms with Crippen molar-refractivity contribution in [2.75, 3.05) is 0 Å². The molecule has 0 aliphatic carbocycles. The summed E-state index contributed by atoms with van der Waals surface area (Å²) in [5.41, 5.74) is -0.379. The summed E-state index contributed by atoms with van der Waals surface area (Å²) in [6, 6.07) is 7.33. The lowest BCUT2D eigenvalue weighted by Crippen LogP contribution is -2.00.